The van der Waals surface area contributed by atoms with Gasteiger partial charge in [-0.2, -0.15) is 0 Å². The molecule has 0 aromatic heterocycles. The van der Waals surface area contributed by atoms with E-state index in [1.165, 1.54) is 4.90 Å². The van der Waals surface area contributed by atoms with Crippen molar-refractivity contribution in [1.29, 1.82) is 0 Å². The van der Waals surface area contributed by atoms with Crippen LogP contribution in [0.4, 0.5) is 4.79 Å². The van der Waals surface area contributed by atoms with Crippen LogP contribution in [0.1, 0.15) is 19.8 Å². The van der Waals surface area contributed by atoms with Crippen LogP contribution < -0.4 is 5.32 Å². The van der Waals surface area contributed by atoms with E-state index in [1.54, 1.807) is 7.05 Å². The summed E-state index contributed by atoms with van der Waals surface area (Å²) in [5.41, 5.74) is 0. The highest BCUT2D eigenvalue weighted by Crippen LogP contribution is 2.33. The summed E-state index contributed by atoms with van der Waals surface area (Å²) in [5, 5.41) is 12.0. The van der Waals surface area contributed by atoms with Gasteiger partial charge in [0.15, 0.2) is 0 Å². The topological polar surface area (TPSA) is 78.9 Å². The van der Waals surface area contributed by atoms with Gasteiger partial charge in [-0.1, -0.05) is 13.3 Å². The van der Waals surface area contributed by atoms with Crippen LogP contribution in [0.25, 0.3) is 0 Å². The van der Waals surface area contributed by atoms with Crippen LogP contribution in [-0.4, -0.2) is 54.4 Å². The first kappa shape index (κ1) is 13.1. The Kier molecular flexibility index (Phi) is 3.75. The normalized spacial score (nSPS) is 34.1. The Bertz CT molecular complexity index is 347. The standard InChI is InChI=1S/C12H20N2O4/c1-3-7-4-9(7)13-12(17)14(2)10-6-18-5-8(10)11(15)16/h7-10H,3-6H2,1-2H3,(H,13,17)(H,15,16). The van der Waals surface area contributed by atoms with Crippen molar-refractivity contribution in [2.75, 3.05) is 20.3 Å². The van der Waals surface area contributed by atoms with Crippen LogP contribution in [-0.2, 0) is 9.53 Å². The highest BCUT2D eigenvalue weighted by Gasteiger charge is 2.41. The van der Waals surface area contributed by atoms with E-state index in [-0.39, 0.29) is 24.7 Å². The number of amides is 2. The van der Waals surface area contributed by atoms with Gasteiger partial charge in [-0.25, -0.2) is 4.79 Å². The van der Waals surface area contributed by atoms with E-state index in [1.807, 2.05) is 0 Å². The minimum atomic E-state index is -0.907. The Morgan fingerprint density at radius 1 is 1.44 bits per heavy atom. The van der Waals surface area contributed by atoms with E-state index in [0.717, 1.165) is 12.8 Å². The van der Waals surface area contributed by atoms with Gasteiger partial charge < -0.3 is 20.1 Å². The number of carbonyl (C=O) groups excluding carboxylic acids is 1. The third-order valence-corrected chi connectivity index (χ3v) is 3.94. The van der Waals surface area contributed by atoms with Crippen molar-refractivity contribution < 1.29 is 19.4 Å². The van der Waals surface area contributed by atoms with Crippen molar-refractivity contribution in [1.82, 2.24) is 10.2 Å². The number of carboxylic acids is 1. The summed E-state index contributed by atoms with van der Waals surface area (Å²) in [6.07, 6.45) is 2.10. The van der Waals surface area contributed by atoms with E-state index in [2.05, 4.69) is 12.2 Å². The van der Waals surface area contributed by atoms with Gasteiger partial charge in [0, 0.05) is 13.1 Å². The molecule has 6 heteroatoms. The Labute approximate surface area is 106 Å². The first-order valence-electron chi connectivity index (χ1n) is 6.38. The van der Waals surface area contributed by atoms with Crippen molar-refractivity contribution in [3.63, 3.8) is 0 Å². The third kappa shape index (κ3) is 2.58. The van der Waals surface area contributed by atoms with Crippen LogP contribution in [0.3, 0.4) is 0 Å². The number of aliphatic carboxylic acids is 1. The average Bonchev–Trinajstić information content (AvgIpc) is 2.90. The maximum absolute atomic E-state index is 12.0. The van der Waals surface area contributed by atoms with Gasteiger partial charge in [-0.3, -0.25) is 4.79 Å². The smallest absolute Gasteiger partial charge is 0.317 e. The lowest BCUT2D eigenvalue weighted by Gasteiger charge is -2.26. The van der Waals surface area contributed by atoms with Gasteiger partial charge in [0.25, 0.3) is 0 Å². The summed E-state index contributed by atoms with van der Waals surface area (Å²) in [4.78, 5) is 24.5. The summed E-state index contributed by atoms with van der Waals surface area (Å²) in [7, 11) is 1.63. The number of urea groups is 1. The molecule has 0 radical (unpaired) electrons. The highest BCUT2D eigenvalue weighted by molar-refractivity contribution is 5.77. The number of ether oxygens (including phenoxy) is 1. The lowest BCUT2D eigenvalue weighted by molar-refractivity contribution is -0.142. The van der Waals surface area contributed by atoms with Crippen molar-refractivity contribution in [3.05, 3.63) is 0 Å². The zero-order chi connectivity index (χ0) is 13.3. The average molecular weight is 256 g/mol. The number of likely N-dealkylation sites (N-methyl/N-ethyl adjacent to an activating group) is 1. The quantitative estimate of drug-likeness (QED) is 0.769. The first-order valence-corrected chi connectivity index (χ1v) is 6.38. The molecule has 0 spiro atoms. The molecule has 4 unspecified atom stereocenters. The van der Waals surface area contributed by atoms with Crippen LogP contribution in [0.2, 0.25) is 0 Å². The molecule has 0 aromatic rings. The van der Waals surface area contributed by atoms with Crippen molar-refractivity contribution in [2.45, 2.75) is 31.8 Å². The van der Waals surface area contributed by atoms with Crippen molar-refractivity contribution in [2.24, 2.45) is 11.8 Å². The zero-order valence-electron chi connectivity index (χ0n) is 10.8. The molecule has 2 amide bonds. The molecular weight excluding hydrogens is 236 g/mol. The molecule has 18 heavy (non-hydrogen) atoms. The van der Waals surface area contributed by atoms with E-state index in [9.17, 15) is 9.59 Å². The minimum Gasteiger partial charge on any atom is -0.481 e. The fraction of sp³-hybridized carbons (Fsp3) is 0.833. The lowest BCUT2D eigenvalue weighted by atomic mass is 10.0. The Morgan fingerprint density at radius 2 is 2.17 bits per heavy atom. The molecule has 0 bridgehead atoms. The molecule has 4 atom stereocenters. The Morgan fingerprint density at radius 3 is 2.72 bits per heavy atom. The number of carbonyl (C=O) groups is 2. The van der Waals surface area contributed by atoms with Gasteiger partial charge in [0.05, 0.1) is 19.3 Å². The Balaban J connectivity index is 1.88. The summed E-state index contributed by atoms with van der Waals surface area (Å²) in [6.45, 7) is 2.58. The molecule has 2 aliphatic rings. The fourth-order valence-corrected chi connectivity index (χ4v) is 2.45. The summed E-state index contributed by atoms with van der Waals surface area (Å²) in [6, 6.07) is -0.311. The molecule has 2 fully saturated rings. The second-order valence-corrected chi connectivity index (χ2v) is 5.12. The molecule has 6 nitrogen and oxygen atoms in total. The SMILES string of the molecule is CCC1CC1NC(=O)N(C)C1COCC1C(=O)O. The Hall–Kier alpha value is -1.30. The number of carboxylic acid groups (broad SMARTS) is 1. The molecule has 1 saturated heterocycles. The number of rotatable bonds is 4. The van der Waals surface area contributed by atoms with E-state index < -0.39 is 11.9 Å². The second-order valence-electron chi connectivity index (χ2n) is 5.12. The molecule has 1 saturated carbocycles. The van der Waals surface area contributed by atoms with Crippen molar-refractivity contribution >= 4 is 12.0 Å². The summed E-state index contributed by atoms with van der Waals surface area (Å²) >= 11 is 0. The van der Waals surface area contributed by atoms with Crippen LogP contribution >= 0.6 is 0 Å². The predicted molar refractivity (Wildman–Crippen MR) is 64.2 cm³/mol. The molecule has 1 aliphatic heterocycles. The molecule has 1 heterocycles. The predicted octanol–water partition coefficient (Wildman–Crippen LogP) is 0.526. The molecule has 2 N–H and O–H groups in total. The van der Waals surface area contributed by atoms with Crippen LogP contribution in [0, 0.1) is 11.8 Å². The van der Waals surface area contributed by atoms with E-state index in [0.29, 0.717) is 12.5 Å². The van der Waals surface area contributed by atoms with Gasteiger partial charge >= 0.3 is 12.0 Å². The molecular formula is C12H20N2O4. The first-order chi connectivity index (χ1) is 8.54. The number of nitrogens with one attached hydrogen (secondary N) is 1. The molecule has 1 aliphatic carbocycles. The van der Waals surface area contributed by atoms with Gasteiger partial charge in [0.1, 0.15) is 5.92 Å². The third-order valence-electron chi connectivity index (χ3n) is 3.94. The number of hydrogen-bond acceptors (Lipinski definition) is 3. The van der Waals surface area contributed by atoms with Crippen LogP contribution in [0.5, 0.6) is 0 Å². The lowest BCUT2D eigenvalue weighted by Crippen LogP contribution is -2.49. The van der Waals surface area contributed by atoms with Gasteiger partial charge in [0.2, 0.25) is 0 Å². The van der Waals surface area contributed by atoms with E-state index >= 15 is 0 Å². The van der Waals surface area contributed by atoms with Crippen LogP contribution in [0.15, 0.2) is 0 Å². The van der Waals surface area contributed by atoms with Gasteiger partial charge in [-0.05, 0) is 12.3 Å². The fourth-order valence-electron chi connectivity index (χ4n) is 2.45. The molecule has 0 aromatic carbocycles. The minimum absolute atomic E-state index is 0.179. The summed E-state index contributed by atoms with van der Waals surface area (Å²) < 4.78 is 5.16. The largest absolute Gasteiger partial charge is 0.481 e. The molecule has 2 rings (SSSR count). The second kappa shape index (κ2) is 5.14. The van der Waals surface area contributed by atoms with E-state index in [4.69, 9.17) is 9.84 Å². The maximum Gasteiger partial charge on any atom is 0.317 e. The number of nitrogens with zero attached hydrogens (tertiary/aromatic N) is 1. The highest BCUT2D eigenvalue weighted by atomic mass is 16.5. The van der Waals surface area contributed by atoms with Gasteiger partial charge in [-0.15, -0.1) is 0 Å². The monoisotopic (exact) mass is 256 g/mol. The summed E-state index contributed by atoms with van der Waals surface area (Å²) in [5.74, 6) is -0.950. The number of hydrogen-bond donors (Lipinski definition) is 2. The zero-order valence-corrected chi connectivity index (χ0v) is 10.8. The van der Waals surface area contributed by atoms with Crippen molar-refractivity contribution in [3.8, 4) is 0 Å². The molecule has 102 valence electrons. The maximum atomic E-state index is 12.0.